The highest BCUT2D eigenvalue weighted by Gasteiger charge is 2.19. The molecule has 2 rings (SSSR count). The lowest BCUT2D eigenvalue weighted by molar-refractivity contribution is 0.0930. The number of nitrogens with one attached hydrogen (secondary N) is 2. The zero-order valence-corrected chi connectivity index (χ0v) is 11.7. The number of carbonyl (C=O) groups is 1. The summed E-state index contributed by atoms with van der Waals surface area (Å²) in [6.07, 6.45) is 1.83. The van der Waals surface area contributed by atoms with Crippen molar-refractivity contribution in [1.82, 2.24) is 10.3 Å². The minimum Gasteiger partial charge on any atom is -0.379 e. The molecule has 1 saturated heterocycles. The lowest BCUT2D eigenvalue weighted by Crippen LogP contribution is -2.35. The van der Waals surface area contributed by atoms with E-state index in [4.69, 9.17) is 16.3 Å². The maximum Gasteiger partial charge on any atom is 0.251 e. The summed E-state index contributed by atoms with van der Waals surface area (Å²) in [5, 5.41) is 6.37. The fourth-order valence-corrected chi connectivity index (χ4v) is 2.10. The highest BCUT2D eigenvalue weighted by molar-refractivity contribution is 6.29. The van der Waals surface area contributed by atoms with Crippen molar-refractivity contribution in [1.29, 1.82) is 0 Å². The van der Waals surface area contributed by atoms with Crippen LogP contribution in [-0.4, -0.2) is 36.7 Å². The number of anilines is 1. The summed E-state index contributed by atoms with van der Waals surface area (Å²) >= 11 is 5.93. The average molecular weight is 284 g/mol. The summed E-state index contributed by atoms with van der Waals surface area (Å²) in [4.78, 5) is 16.2. The van der Waals surface area contributed by atoms with Gasteiger partial charge in [-0.15, -0.1) is 0 Å². The molecule has 1 amide bonds. The van der Waals surface area contributed by atoms with Crippen LogP contribution in [0, 0.1) is 0 Å². The molecule has 5 nitrogen and oxygen atoms in total. The first-order valence-corrected chi connectivity index (χ1v) is 6.87. The minimum absolute atomic E-state index is 0.0893. The molecule has 1 aromatic heterocycles. The van der Waals surface area contributed by atoms with Crippen molar-refractivity contribution < 1.29 is 9.53 Å². The summed E-state index contributed by atoms with van der Waals surface area (Å²) in [5.74, 6) is 0.488. The van der Waals surface area contributed by atoms with Gasteiger partial charge in [0.2, 0.25) is 0 Å². The lowest BCUT2D eigenvalue weighted by Gasteiger charge is -2.12. The smallest absolute Gasteiger partial charge is 0.251 e. The van der Waals surface area contributed by atoms with Gasteiger partial charge in [0.25, 0.3) is 5.91 Å². The number of hydrogen-bond donors (Lipinski definition) is 2. The molecule has 2 N–H and O–H groups in total. The monoisotopic (exact) mass is 283 g/mol. The van der Waals surface area contributed by atoms with Crippen LogP contribution in [0.3, 0.4) is 0 Å². The van der Waals surface area contributed by atoms with Gasteiger partial charge in [-0.05, 0) is 25.0 Å². The van der Waals surface area contributed by atoms with Crippen LogP contribution in [0.5, 0.6) is 0 Å². The molecule has 104 valence electrons. The molecule has 0 aromatic carbocycles. The normalized spacial score (nSPS) is 18.3. The van der Waals surface area contributed by atoms with Gasteiger partial charge in [0, 0.05) is 18.7 Å². The predicted octanol–water partition coefficient (Wildman–Crippen LogP) is 2.08. The molecule has 19 heavy (non-hydrogen) atoms. The number of rotatable bonds is 5. The van der Waals surface area contributed by atoms with Crippen molar-refractivity contribution in [2.75, 3.05) is 25.1 Å². The van der Waals surface area contributed by atoms with Crippen LogP contribution in [-0.2, 0) is 4.74 Å². The van der Waals surface area contributed by atoms with E-state index in [2.05, 4.69) is 22.5 Å². The van der Waals surface area contributed by atoms with Crippen molar-refractivity contribution in [3.05, 3.63) is 22.8 Å². The molecule has 0 bridgehead atoms. The number of carbonyl (C=O) groups excluding carboxylic acids is 1. The van der Waals surface area contributed by atoms with Crippen LogP contribution in [0.4, 0.5) is 5.82 Å². The average Bonchev–Trinajstić information content (AvgIpc) is 2.88. The van der Waals surface area contributed by atoms with Crippen molar-refractivity contribution >= 4 is 23.3 Å². The second-order valence-corrected chi connectivity index (χ2v) is 4.91. The second kappa shape index (κ2) is 6.73. The number of halogens is 1. The largest absolute Gasteiger partial charge is 0.379 e. The van der Waals surface area contributed by atoms with E-state index < -0.39 is 0 Å². The topological polar surface area (TPSA) is 63.2 Å². The maximum absolute atomic E-state index is 12.1. The third-order valence-electron chi connectivity index (χ3n) is 2.88. The fraction of sp³-hybridized carbons (Fsp3) is 0.538. The van der Waals surface area contributed by atoms with Crippen LogP contribution in [0.15, 0.2) is 12.1 Å². The Hall–Kier alpha value is -1.33. The van der Waals surface area contributed by atoms with E-state index in [1.807, 2.05) is 0 Å². The molecule has 0 radical (unpaired) electrons. The molecular formula is C13H18ClN3O2. The summed E-state index contributed by atoms with van der Waals surface area (Å²) in [7, 11) is 0. The van der Waals surface area contributed by atoms with Gasteiger partial charge in [0.1, 0.15) is 11.0 Å². The van der Waals surface area contributed by atoms with E-state index in [0.29, 0.717) is 29.7 Å². The molecule has 0 spiro atoms. The van der Waals surface area contributed by atoms with Crippen LogP contribution in [0.2, 0.25) is 5.15 Å². The minimum atomic E-state index is -0.139. The van der Waals surface area contributed by atoms with Crippen molar-refractivity contribution in [2.45, 2.75) is 25.8 Å². The van der Waals surface area contributed by atoms with E-state index in [1.54, 1.807) is 12.1 Å². The third kappa shape index (κ3) is 4.08. The van der Waals surface area contributed by atoms with E-state index >= 15 is 0 Å². The maximum atomic E-state index is 12.1. The van der Waals surface area contributed by atoms with Crippen LogP contribution in [0.25, 0.3) is 0 Å². The Balaban J connectivity index is 2.04. The number of ether oxygens (including phenoxy) is 1. The molecule has 6 heteroatoms. The number of hydrogen-bond acceptors (Lipinski definition) is 4. The molecule has 1 aliphatic rings. The quantitative estimate of drug-likeness (QED) is 0.812. The standard InChI is InChI=1S/C13H18ClN3O2/c1-2-4-15-12-7-9(6-11(14)17-12)13(18)16-10-3-5-19-8-10/h6-7,10H,2-5,8H2,1H3,(H,15,17)(H,16,18). The predicted molar refractivity (Wildman–Crippen MR) is 74.7 cm³/mol. The molecule has 0 saturated carbocycles. The summed E-state index contributed by atoms with van der Waals surface area (Å²) < 4.78 is 5.23. The van der Waals surface area contributed by atoms with Gasteiger partial charge in [-0.25, -0.2) is 4.98 Å². The molecule has 1 unspecified atom stereocenters. The van der Waals surface area contributed by atoms with Crippen molar-refractivity contribution in [3.63, 3.8) is 0 Å². The Morgan fingerprint density at radius 1 is 1.58 bits per heavy atom. The second-order valence-electron chi connectivity index (χ2n) is 4.52. The van der Waals surface area contributed by atoms with Crippen molar-refractivity contribution in [3.8, 4) is 0 Å². The van der Waals surface area contributed by atoms with Gasteiger partial charge >= 0.3 is 0 Å². The highest BCUT2D eigenvalue weighted by atomic mass is 35.5. The fourth-order valence-electron chi connectivity index (χ4n) is 1.89. The Kier molecular flexibility index (Phi) is 4.99. The van der Waals surface area contributed by atoms with E-state index in [-0.39, 0.29) is 11.9 Å². The molecule has 2 heterocycles. The molecule has 1 aromatic rings. The first-order valence-electron chi connectivity index (χ1n) is 6.49. The lowest BCUT2D eigenvalue weighted by atomic mass is 10.2. The molecule has 0 aliphatic carbocycles. The highest BCUT2D eigenvalue weighted by Crippen LogP contribution is 2.15. The van der Waals surface area contributed by atoms with Gasteiger partial charge in [0.05, 0.1) is 12.6 Å². The van der Waals surface area contributed by atoms with Gasteiger partial charge in [-0.1, -0.05) is 18.5 Å². The van der Waals surface area contributed by atoms with Crippen LogP contribution < -0.4 is 10.6 Å². The van der Waals surface area contributed by atoms with Crippen LogP contribution in [0.1, 0.15) is 30.1 Å². The Morgan fingerprint density at radius 2 is 2.42 bits per heavy atom. The van der Waals surface area contributed by atoms with Crippen molar-refractivity contribution in [2.24, 2.45) is 0 Å². The SMILES string of the molecule is CCCNc1cc(C(=O)NC2CCOC2)cc(Cl)n1. The third-order valence-corrected chi connectivity index (χ3v) is 3.07. The van der Waals surface area contributed by atoms with E-state index in [9.17, 15) is 4.79 Å². The molecule has 1 aliphatic heterocycles. The van der Waals surface area contributed by atoms with Crippen LogP contribution >= 0.6 is 11.6 Å². The molecular weight excluding hydrogens is 266 g/mol. The summed E-state index contributed by atoms with van der Waals surface area (Å²) in [6.45, 7) is 4.13. The van der Waals surface area contributed by atoms with Gasteiger partial charge in [0.15, 0.2) is 0 Å². The number of amides is 1. The Bertz CT molecular complexity index is 448. The van der Waals surface area contributed by atoms with Gasteiger partial charge in [-0.2, -0.15) is 0 Å². The van der Waals surface area contributed by atoms with E-state index in [1.165, 1.54) is 0 Å². The van der Waals surface area contributed by atoms with Gasteiger partial charge in [-0.3, -0.25) is 4.79 Å². The first-order chi connectivity index (χ1) is 9.19. The first kappa shape index (κ1) is 14.1. The number of nitrogens with zero attached hydrogens (tertiary/aromatic N) is 1. The number of pyridine rings is 1. The Labute approximate surface area is 117 Å². The zero-order valence-electron chi connectivity index (χ0n) is 10.9. The summed E-state index contributed by atoms with van der Waals surface area (Å²) in [6, 6.07) is 3.38. The Morgan fingerprint density at radius 3 is 3.11 bits per heavy atom. The summed E-state index contributed by atoms with van der Waals surface area (Å²) in [5.41, 5.74) is 0.519. The van der Waals surface area contributed by atoms with Gasteiger partial charge < -0.3 is 15.4 Å². The molecule has 1 atom stereocenters. The number of aromatic nitrogens is 1. The van der Waals surface area contributed by atoms with E-state index in [0.717, 1.165) is 19.4 Å². The molecule has 1 fully saturated rings. The zero-order chi connectivity index (χ0) is 13.7.